The monoisotopic (exact) mass is 395 g/mol. The predicted octanol–water partition coefficient (Wildman–Crippen LogP) is 3.28. The number of ether oxygens (including phenoxy) is 3. The lowest BCUT2D eigenvalue weighted by atomic mass is 10.2. The average Bonchev–Trinajstić information content (AvgIpc) is 3.40. The van der Waals surface area contributed by atoms with E-state index in [1.807, 2.05) is 44.2 Å². The Morgan fingerprint density at radius 1 is 1.14 bits per heavy atom. The molecule has 0 saturated heterocycles. The SMILES string of the molecule is CC(C)c1noc(-c2ccc(OCC(=O)NCc3ccc4c(c3)OCO4)cc2)n1. The van der Waals surface area contributed by atoms with Crippen molar-refractivity contribution in [2.45, 2.75) is 26.3 Å². The number of benzene rings is 2. The fraction of sp³-hybridized carbons (Fsp3) is 0.286. The van der Waals surface area contributed by atoms with Gasteiger partial charge in [-0.3, -0.25) is 4.79 Å². The van der Waals surface area contributed by atoms with Crippen molar-refractivity contribution in [1.29, 1.82) is 0 Å². The molecule has 150 valence electrons. The minimum absolute atomic E-state index is 0.0814. The quantitative estimate of drug-likeness (QED) is 0.656. The summed E-state index contributed by atoms with van der Waals surface area (Å²) in [6.07, 6.45) is 0. The first kappa shape index (κ1) is 18.8. The van der Waals surface area contributed by atoms with Crippen LogP contribution in [0.5, 0.6) is 17.2 Å². The van der Waals surface area contributed by atoms with Crippen LogP contribution >= 0.6 is 0 Å². The van der Waals surface area contributed by atoms with Gasteiger partial charge in [0.05, 0.1) is 0 Å². The van der Waals surface area contributed by atoms with Crippen LogP contribution in [0.2, 0.25) is 0 Å². The maximum Gasteiger partial charge on any atom is 0.258 e. The van der Waals surface area contributed by atoms with E-state index in [4.69, 9.17) is 18.7 Å². The van der Waals surface area contributed by atoms with Crippen molar-refractivity contribution in [3.8, 4) is 28.7 Å². The zero-order valence-electron chi connectivity index (χ0n) is 16.2. The summed E-state index contributed by atoms with van der Waals surface area (Å²) in [6, 6.07) is 12.7. The second kappa shape index (κ2) is 8.22. The topological polar surface area (TPSA) is 95.7 Å². The Hall–Kier alpha value is -3.55. The lowest BCUT2D eigenvalue weighted by Crippen LogP contribution is -2.28. The average molecular weight is 395 g/mol. The van der Waals surface area contributed by atoms with Gasteiger partial charge >= 0.3 is 0 Å². The van der Waals surface area contributed by atoms with Crippen molar-refractivity contribution in [2.24, 2.45) is 0 Å². The molecule has 2 heterocycles. The summed E-state index contributed by atoms with van der Waals surface area (Å²) in [5.74, 6) is 3.09. The van der Waals surface area contributed by atoms with Crippen molar-refractivity contribution in [1.82, 2.24) is 15.5 Å². The van der Waals surface area contributed by atoms with Crippen LogP contribution in [0.25, 0.3) is 11.5 Å². The van der Waals surface area contributed by atoms with Gasteiger partial charge in [0.15, 0.2) is 23.9 Å². The Labute approximate surface area is 167 Å². The van der Waals surface area contributed by atoms with Gasteiger partial charge in [0.1, 0.15) is 5.75 Å². The van der Waals surface area contributed by atoms with Gasteiger partial charge in [-0.2, -0.15) is 4.98 Å². The first-order chi connectivity index (χ1) is 14.1. The lowest BCUT2D eigenvalue weighted by molar-refractivity contribution is -0.123. The van der Waals surface area contributed by atoms with Crippen molar-refractivity contribution < 1.29 is 23.5 Å². The number of nitrogens with zero attached hydrogens (tertiary/aromatic N) is 2. The van der Waals surface area contributed by atoms with Gasteiger partial charge in [0.25, 0.3) is 11.8 Å². The van der Waals surface area contributed by atoms with Gasteiger partial charge in [-0.25, -0.2) is 0 Å². The Bertz CT molecular complexity index is 998. The number of hydrogen-bond acceptors (Lipinski definition) is 7. The third kappa shape index (κ3) is 4.48. The normalized spacial score (nSPS) is 12.2. The van der Waals surface area contributed by atoms with Crippen LogP contribution in [-0.2, 0) is 11.3 Å². The van der Waals surface area contributed by atoms with Gasteiger partial charge in [-0.05, 0) is 42.0 Å². The summed E-state index contributed by atoms with van der Waals surface area (Å²) in [5.41, 5.74) is 1.72. The third-order valence-electron chi connectivity index (χ3n) is 4.36. The standard InChI is InChI=1S/C21H21N3O5/c1-13(2)20-23-21(29-24-20)15-4-6-16(7-5-15)26-11-19(25)22-10-14-3-8-17-18(9-14)28-12-27-17/h3-9,13H,10-12H2,1-2H3,(H,22,25). The first-order valence-corrected chi connectivity index (χ1v) is 9.30. The zero-order valence-corrected chi connectivity index (χ0v) is 16.2. The minimum atomic E-state index is -0.217. The van der Waals surface area contributed by atoms with Crippen LogP contribution in [0.15, 0.2) is 47.0 Å². The lowest BCUT2D eigenvalue weighted by Gasteiger charge is -2.08. The fourth-order valence-electron chi connectivity index (χ4n) is 2.73. The number of carbonyl (C=O) groups excluding carboxylic acids is 1. The van der Waals surface area contributed by atoms with Crippen molar-refractivity contribution in [3.63, 3.8) is 0 Å². The molecule has 0 saturated carbocycles. The zero-order chi connectivity index (χ0) is 20.2. The Morgan fingerprint density at radius 3 is 2.69 bits per heavy atom. The molecule has 4 rings (SSSR count). The number of fused-ring (bicyclic) bond motifs is 1. The molecule has 29 heavy (non-hydrogen) atoms. The van der Waals surface area contributed by atoms with E-state index in [0.29, 0.717) is 35.5 Å². The van der Waals surface area contributed by atoms with Crippen LogP contribution < -0.4 is 19.5 Å². The smallest absolute Gasteiger partial charge is 0.258 e. The highest BCUT2D eigenvalue weighted by molar-refractivity contribution is 5.77. The molecule has 1 aliphatic rings. The van der Waals surface area contributed by atoms with Crippen molar-refractivity contribution in [3.05, 3.63) is 53.9 Å². The van der Waals surface area contributed by atoms with Crippen LogP contribution in [-0.4, -0.2) is 29.4 Å². The predicted molar refractivity (Wildman–Crippen MR) is 104 cm³/mol. The molecule has 0 unspecified atom stereocenters. The number of hydrogen-bond donors (Lipinski definition) is 1. The summed E-state index contributed by atoms with van der Waals surface area (Å²) < 4.78 is 21.4. The van der Waals surface area contributed by atoms with Crippen LogP contribution in [0.1, 0.15) is 31.2 Å². The Morgan fingerprint density at radius 2 is 1.93 bits per heavy atom. The Kier molecular flexibility index (Phi) is 5.33. The highest BCUT2D eigenvalue weighted by Crippen LogP contribution is 2.32. The molecule has 8 heteroatoms. The molecule has 0 bridgehead atoms. The maximum absolute atomic E-state index is 12.1. The second-order valence-corrected chi connectivity index (χ2v) is 6.89. The maximum atomic E-state index is 12.1. The van der Waals surface area contributed by atoms with E-state index >= 15 is 0 Å². The van der Waals surface area contributed by atoms with Crippen LogP contribution in [0.4, 0.5) is 0 Å². The first-order valence-electron chi connectivity index (χ1n) is 9.30. The number of carbonyl (C=O) groups is 1. The molecule has 1 aromatic heterocycles. The van der Waals surface area contributed by atoms with Crippen molar-refractivity contribution >= 4 is 5.91 Å². The molecule has 2 aromatic carbocycles. The molecule has 0 atom stereocenters. The number of aromatic nitrogens is 2. The van der Waals surface area contributed by atoms with E-state index in [9.17, 15) is 4.79 Å². The largest absolute Gasteiger partial charge is 0.484 e. The summed E-state index contributed by atoms with van der Waals surface area (Å²) in [6.45, 7) is 4.53. The molecular weight excluding hydrogens is 374 g/mol. The summed E-state index contributed by atoms with van der Waals surface area (Å²) in [5, 5.41) is 6.77. The van der Waals surface area contributed by atoms with E-state index in [0.717, 1.165) is 11.1 Å². The minimum Gasteiger partial charge on any atom is -0.484 e. The molecule has 0 radical (unpaired) electrons. The summed E-state index contributed by atoms with van der Waals surface area (Å²) in [4.78, 5) is 16.4. The molecule has 8 nitrogen and oxygen atoms in total. The van der Waals surface area contributed by atoms with Gasteiger partial charge in [0.2, 0.25) is 6.79 Å². The van der Waals surface area contributed by atoms with E-state index < -0.39 is 0 Å². The van der Waals surface area contributed by atoms with E-state index in [1.54, 1.807) is 12.1 Å². The molecule has 1 amide bonds. The molecular formula is C21H21N3O5. The summed E-state index contributed by atoms with van der Waals surface area (Å²) in [7, 11) is 0. The third-order valence-corrected chi connectivity index (χ3v) is 4.36. The second-order valence-electron chi connectivity index (χ2n) is 6.89. The fourth-order valence-corrected chi connectivity index (χ4v) is 2.73. The van der Waals surface area contributed by atoms with Gasteiger partial charge in [-0.15, -0.1) is 0 Å². The van der Waals surface area contributed by atoms with Crippen LogP contribution in [0, 0.1) is 0 Å². The number of amides is 1. The number of rotatable bonds is 7. The highest BCUT2D eigenvalue weighted by Gasteiger charge is 2.14. The van der Waals surface area contributed by atoms with Gasteiger partial charge in [-0.1, -0.05) is 25.1 Å². The van der Waals surface area contributed by atoms with Crippen LogP contribution in [0.3, 0.4) is 0 Å². The molecule has 0 fully saturated rings. The van der Waals surface area contributed by atoms with Gasteiger partial charge < -0.3 is 24.1 Å². The van der Waals surface area contributed by atoms with Gasteiger partial charge in [0, 0.05) is 18.0 Å². The number of nitrogens with one attached hydrogen (secondary N) is 1. The van der Waals surface area contributed by atoms with E-state index in [2.05, 4.69) is 15.5 Å². The highest BCUT2D eigenvalue weighted by atomic mass is 16.7. The summed E-state index contributed by atoms with van der Waals surface area (Å²) >= 11 is 0. The van der Waals surface area contributed by atoms with E-state index in [1.165, 1.54) is 0 Å². The molecule has 1 aliphatic heterocycles. The Balaban J connectivity index is 1.26. The van der Waals surface area contributed by atoms with Crippen molar-refractivity contribution in [2.75, 3.05) is 13.4 Å². The molecule has 3 aromatic rings. The molecule has 1 N–H and O–H groups in total. The van der Waals surface area contributed by atoms with E-state index in [-0.39, 0.29) is 25.2 Å². The molecule has 0 aliphatic carbocycles. The molecule has 0 spiro atoms.